The van der Waals surface area contributed by atoms with Gasteiger partial charge in [-0.3, -0.25) is 19.1 Å². The lowest BCUT2D eigenvalue weighted by molar-refractivity contribution is -0.117. The van der Waals surface area contributed by atoms with Gasteiger partial charge in [-0.1, -0.05) is 13.3 Å². The molecule has 102 valence electrons. The number of Topliss-reactive ketones (excluding diaryl/α,β-unsaturated/α-hetero) is 1. The Hall–Kier alpha value is -2.18. The molecule has 0 fully saturated rings. The van der Waals surface area contributed by atoms with E-state index in [1.165, 1.54) is 17.8 Å². The summed E-state index contributed by atoms with van der Waals surface area (Å²) in [7, 11) is 0. The zero-order chi connectivity index (χ0) is 14.0. The van der Waals surface area contributed by atoms with Crippen LogP contribution in [0.2, 0.25) is 0 Å². The van der Waals surface area contributed by atoms with Gasteiger partial charge < -0.3 is 4.57 Å². The van der Waals surface area contributed by atoms with E-state index in [1.807, 2.05) is 6.92 Å². The van der Waals surface area contributed by atoms with Crippen LogP contribution in [0.5, 0.6) is 0 Å². The summed E-state index contributed by atoms with van der Waals surface area (Å²) in [5.74, 6) is -0.0787. The second kappa shape index (κ2) is 5.21. The van der Waals surface area contributed by atoms with Crippen molar-refractivity contribution >= 4 is 16.9 Å². The highest BCUT2D eigenvalue weighted by Gasteiger charge is 2.13. The van der Waals surface area contributed by atoms with E-state index >= 15 is 0 Å². The normalized spacial score (nSPS) is 11.1. The van der Waals surface area contributed by atoms with Gasteiger partial charge in [0.15, 0.2) is 11.2 Å². The maximum absolute atomic E-state index is 12.3. The topological polar surface area (TPSA) is 89.8 Å². The highest BCUT2D eigenvalue weighted by atomic mass is 16.2. The molecule has 7 nitrogen and oxygen atoms in total. The highest BCUT2D eigenvalue weighted by Crippen LogP contribution is 2.03. The van der Waals surface area contributed by atoms with E-state index in [1.54, 1.807) is 0 Å². The molecule has 0 aliphatic rings. The van der Waals surface area contributed by atoms with Crippen LogP contribution in [0.4, 0.5) is 0 Å². The minimum Gasteiger partial charge on any atom is -0.317 e. The van der Waals surface area contributed by atoms with Gasteiger partial charge in [0.2, 0.25) is 0 Å². The van der Waals surface area contributed by atoms with Gasteiger partial charge in [-0.15, -0.1) is 0 Å². The summed E-state index contributed by atoms with van der Waals surface area (Å²) >= 11 is 0. The van der Waals surface area contributed by atoms with Crippen molar-refractivity contribution in [2.75, 3.05) is 0 Å². The third kappa shape index (κ3) is 2.49. The smallest absolute Gasteiger partial charge is 0.317 e. The molecule has 0 spiro atoms. The Morgan fingerprint density at radius 3 is 2.79 bits per heavy atom. The number of carbonyl (C=O) groups excluding carboxylic acids is 1. The van der Waals surface area contributed by atoms with Crippen LogP contribution >= 0.6 is 0 Å². The maximum atomic E-state index is 12.3. The number of aromatic nitrogens is 4. The van der Waals surface area contributed by atoms with E-state index in [2.05, 4.69) is 9.97 Å². The van der Waals surface area contributed by atoms with Gasteiger partial charge in [-0.25, -0.2) is 9.78 Å². The van der Waals surface area contributed by atoms with Crippen molar-refractivity contribution in [3.05, 3.63) is 27.2 Å². The van der Waals surface area contributed by atoms with E-state index in [-0.39, 0.29) is 23.5 Å². The van der Waals surface area contributed by atoms with Crippen LogP contribution in [-0.2, 0) is 17.9 Å². The zero-order valence-corrected chi connectivity index (χ0v) is 11.0. The summed E-state index contributed by atoms with van der Waals surface area (Å²) in [6, 6.07) is 0. The number of nitrogens with one attached hydrogen (secondary N) is 1. The fourth-order valence-corrected chi connectivity index (χ4v) is 1.97. The minimum absolute atomic E-state index is 0.0750. The summed E-state index contributed by atoms with van der Waals surface area (Å²) in [4.78, 5) is 41.8. The predicted molar refractivity (Wildman–Crippen MR) is 70.2 cm³/mol. The zero-order valence-electron chi connectivity index (χ0n) is 11.0. The summed E-state index contributed by atoms with van der Waals surface area (Å²) in [5.41, 5.74) is -0.361. The van der Waals surface area contributed by atoms with Crippen LogP contribution in [0.1, 0.15) is 26.7 Å². The van der Waals surface area contributed by atoms with Crippen LogP contribution in [-0.4, -0.2) is 24.9 Å². The number of H-pyrrole nitrogens is 1. The van der Waals surface area contributed by atoms with Gasteiger partial charge >= 0.3 is 5.69 Å². The van der Waals surface area contributed by atoms with Crippen molar-refractivity contribution in [2.45, 2.75) is 39.8 Å². The molecule has 2 heterocycles. The van der Waals surface area contributed by atoms with Crippen molar-refractivity contribution in [3.8, 4) is 0 Å². The molecule has 19 heavy (non-hydrogen) atoms. The number of unbranched alkanes of at least 4 members (excludes halogenated alkanes) is 1. The molecule has 7 heteroatoms. The second-order valence-electron chi connectivity index (χ2n) is 4.51. The third-order valence-electron chi connectivity index (χ3n) is 2.88. The van der Waals surface area contributed by atoms with Gasteiger partial charge in [0.25, 0.3) is 5.56 Å². The minimum atomic E-state index is -0.459. The number of hydrogen-bond donors (Lipinski definition) is 1. The number of carbonyl (C=O) groups is 1. The Morgan fingerprint density at radius 2 is 2.16 bits per heavy atom. The first kappa shape index (κ1) is 13.3. The van der Waals surface area contributed by atoms with Crippen molar-refractivity contribution in [1.29, 1.82) is 0 Å². The molecule has 2 rings (SSSR count). The number of rotatable bonds is 5. The standard InChI is InChI=1S/C12H16N4O3/c1-3-4-5-16-11(18)9-10(14-12(16)19)13-7-15(9)6-8(2)17/h7H,3-6H2,1-2H3,(H,14,19). The van der Waals surface area contributed by atoms with Gasteiger partial charge in [-0.2, -0.15) is 0 Å². The number of imidazole rings is 1. The molecule has 0 aliphatic carbocycles. The largest absolute Gasteiger partial charge is 0.330 e. The van der Waals surface area contributed by atoms with Crippen molar-refractivity contribution in [1.82, 2.24) is 19.1 Å². The molecule has 0 saturated heterocycles. The second-order valence-corrected chi connectivity index (χ2v) is 4.51. The fraction of sp³-hybridized carbons (Fsp3) is 0.500. The Morgan fingerprint density at radius 1 is 1.42 bits per heavy atom. The lowest BCUT2D eigenvalue weighted by Crippen LogP contribution is -2.36. The molecule has 2 aromatic heterocycles. The van der Waals surface area contributed by atoms with Crippen LogP contribution in [0.3, 0.4) is 0 Å². The Labute approximate surface area is 108 Å². The first-order valence-electron chi connectivity index (χ1n) is 6.22. The average molecular weight is 264 g/mol. The van der Waals surface area contributed by atoms with E-state index in [4.69, 9.17) is 0 Å². The van der Waals surface area contributed by atoms with Crippen molar-refractivity contribution in [2.24, 2.45) is 0 Å². The molecule has 0 aliphatic heterocycles. The van der Waals surface area contributed by atoms with Crippen LogP contribution in [0.15, 0.2) is 15.9 Å². The molecule has 0 atom stereocenters. The van der Waals surface area contributed by atoms with Crippen LogP contribution in [0.25, 0.3) is 11.2 Å². The Bertz CT molecular complexity index is 723. The van der Waals surface area contributed by atoms with E-state index in [0.717, 1.165) is 17.4 Å². The molecule has 2 aromatic rings. The molecular weight excluding hydrogens is 248 g/mol. The van der Waals surface area contributed by atoms with Crippen LogP contribution in [0, 0.1) is 0 Å². The van der Waals surface area contributed by atoms with Crippen molar-refractivity contribution < 1.29 is 4.79 Å². The molecule has 0 unspecified atom stereocenters. The molecule has 0 radical (unpaired) electrons. The third-order valence-corrected chi connectivity index (χ3v) is 2.88. The molecule has 0 amide bonds. The first-order valence-corrected chi connectivity index (χ1v) is 6.22. The van der Waals surface area contributed by atoms with Crippen LogP contribution < -0.4 is 11.2 Å². The Balaban J connectivity index is 2.62. The van der Waals surface area contributed by atoms with Gasteiger partial charge in [0.05, 0.1) is 12.9 Å². The highest BCUT2D eigenvalue weighted by molar-refractivity contribution is 5.78. The Kier molecular flexibility index (Phi) is 3.64. The quantitative estimate of drug-likeness (QED) is 0.839. The lowest BCUT2D eigenvalue weighted by Gasteiger charge is -2.05. The number of ketones is 1. The lowest BCUT2D eigenvalue weighted by atomic mass is 10.3. The van der Waals surface area contributed by atoms with Gasteiger partial charge in [-0.05, 0) is 13.3 Å². The molecule has 0 bridgehead atoms. The monoisotopic (exact) mass is 264 g/mol. The SMILES string of the molecule is CCCCn1c(=O)[nH]c2ncn(CC(C)=O)c2c1=O. The number of hydrogen-bond acceptors (Lipinski definition) is 4. The summed E-state index contributed by atoms with van der Waals surface area (Å²) in [6.07, 6.45) is 3.03. The predicted octanol–water partition coefficient (Wildman–Crippen LogP) is 0.275. The molecular formula is C12H16N4O3. The van der Waals surface area contributed by atoms with Gasteiger partial charge in [0.1, 0.15) is 5.78 Å². The first-order chi connectivity index (χ1) is 9.04. The number of nitrogens with zero attached hydrogens (tertiary/aromatic N) is 3. The average Bonchev–Trinajstić information content (AvgIpc) is 2.71. The molecule has 1 N–H and O–H groups in total. The summed E-state index contributed by atoms with van der Waals surface area (Å²) in [6.45, 7) is 3.86. The number of aromatic amines is 1. The summed E-state index contributed by atoms with van der Waals surface area (Å²) in [5, 5.41) is 0. The van der Waals surface area contributed by atoms with E-state index < -0.39 is 11.2 Å². The summed E-state index contributed by atoms with van der Waals surface area (Å²) < 4.78 is 2.63. The van der Waals surface area contributed by atoms with Crippen molar-refractivity contribution in [3.63, 3.8) is 0 Å². The van der Waals surface area contributed by atoms with E-state index in [0.29, 0.717) is 6.54 Å². The van der Waals surface area contributed by atoms with Gasteiger partial charge in [0, 0.05) is 6.54 Å². The number of fused-ring (bicyclic) bond motifs is 1. The molecule has 0 saturated carbocycles. The molecule has 0 aromatic carbocycles. The van der Waals surface area contributed by atoms with E-state index in [9.17, 15) is 14.4 Å². The fourth-order valence-electron chi connectivity index (χ4n) is 1.97. The maximum Gasteiger partial charge on any atom is 0.330 e.